The van der Waals surface area contributed by atoms with Gasteiger partial charge in [0, 0.05) is 5.02 Å². The molecule has 1 N–H and O–H groups in total. The maximum atomic E-state index is 12.4. The molecule has 2 aromatic rings. The Hall–Kier alpha value is -2.58. The first-order valence-electron chi connectivity index (χ1n) is 6.87. The zero-order chi connectivity index (χ0) is 18.6. The van der Waals surface area contributed by atoms with Crippen molar-refractivity contribution in [3.63, 3.8) is 0 Å². The third-order valence-corrected chi connectivity index (χ3v) is 4.80. The number of rotatable bonds is 5. The van der Waals surface area contributed by atoms with Gasteiger partial charge in [0.05, 0.1) is 35.9 Å². The molecule has 0 saturated heterocycles. The molecule has 0 radical (unpaired) electrons. The van der Waals surface area contributed by atoms with Gasteiger partial charge in [-0.25, -0.2) is 18.0 Å². The van der Waals surface area contributed by atoms with Crippen molar-refractivity contribution < 1.29 is 27.5 Å². The molecule has 132 valence electrons. The molecule has 0 aliphatic heterocycles. The number of carbonyl (C=O) groups is 2. The summed E-state index contributed by atoms with van der Waals surface area (Å²) in [5.74, 6) is -1.45. The molecule has 0 aliphatic carbocycles. The maximum Gasteiger partial charge on any atom is 0.337 e. The molecule has 0 bridgehead atoms. The molecule has 2 rings (SSSR count). The van der Waals surface area contributed by atoms with Gasteiger partial charge in [-0.3, -0.25) is 4.72 Å². The Morgan fingerprint density at radius 2 is 1.40 bits per heavy atom. The quantitative estimate of drug-likeness (QED) is 0.797. The maximum absolute atomic E-state index is 12.4. The highest BCUT2D eigenvalue weighted by molar-refractivity contribution is 7.92. The molecule has 0 saturated carbocycles. The van der Waals surface area contributed by atoms with Gasteiger partial charge in [0.2, 0.25) is 0 Å². The molecule has 0 amide bonds. The summed E-state index contributed by atoms with van der Waals surface area (Å²) in [5, 5.41) is 0.389. The van der Waals surface area contributed by atoms with E-state index in [4.69, 9.17) is 11.6 Å². The summed E-state index contributed by atoms with van der Waals surface area (Å²) in [6.07, 6.45) is 0. The van der Waals surface area contributed by atoms with Crippen molar-refractivity contribution >= 4 is 39.3 Å². The van der Waals surface area contributed by atoms with Gasteiger partial charge in [-0.15, -0.1) is 0 Å². The molecule has 7 nitrogen and oxygen atoms in total. The normalized spacial score (nSPS) is 10.8. The largest absolute Gasteiger partial charge is 0.465 e. The minimum absolute atomic E-state index is 0.000735. The van der Waals surface area contributed by atoms with Crippen molar-refractivity contribution in [2.75, 3.05) is 18.9 Å². The van der Waals surface area contributed by atoms with Crippen molar-refractivity contribution in [2.45, 2.75) is 4.90 Å². The Kier molecular flexibility index (Phi) is 5.66. The standard InChI is InChI=1S/C16H14ClNO6S/c1-23-15(19)10-7-11(16(20)24-2)9-13(8-10)18-25(21,22)14-5-3-12(17)4-6-14/h3-9,18H,1-2H3. The third-order valence-electron chi connectivity index (χ3n) is 3.15. The number of carbonyl (C=O) groups excluding carboxylic acids is 2. The minimum atomic E-state index is -3.94. The average molecular weight is 384 g/mol. The average Bonchev–Trinajstić information content (AvgIpc) is 2.59. The lowest BCUT2D eigenvalue weighted by Crippen LogP contribution is -2.15. The van der Waals surface area contributed by atoms with Crippen LogP contribution < -0.4 is 4.72 Å². The van der Waals surface area contributed by atoms with Crippen LogP contribution in [0.2, 0.25) is 5.02 Å². The van der Waals surface area contributed by atoms with Gasteiger partial charge in [-0.2, -0.15) is 0 Å². The molecule has 0 aliphatic rings. The Labute approximate surface area is 149 Å². The first-order chi connectivity index (χ1) is 11.8. The van der Waals surface area contributed by atoms with Crippen LogP contribution in [0.1, 0.15) is 20.7 Å². The molecule has 9 heteroatoms. The number of anilines is 1. The van der Waals surface area contributed by atoms with E-state index in [9.17, 15) is 18.0 Å². The molecule has 25 heavy (non-hydrogen) atoms. The fraction of sp³-hybridized carbons (Fsp3) is 0.125. The smallest absolute Gasteiger partial charge is 0.337 e. The number of esters is 2. The second-order valence-corrected chi connectivity index (χ2v) is 6.96. The first kappa shape index (κ1) is 18.8. The van der Waals surface area contributed by atoms with E-state index in [0.717, 1.165) is 0 Å². The van der Waals surface area contributed by atoms with Gasteiger partial charge >= 0.3 is 11.9 Å². The number of benzene rings is 2. The van der Waals surface area contributed by atoms with Gasteiger partial charge < -0.3 is 9.47 Å². The number of methoxy groups -OCH3 is 2. The highest BCUT2D eigenvalue weighted by Crippen LogP contribution is 2.21. The molecule has 0 spiro atoms. The van der Waals surface area contributed by atoms with Crippen LogP contribution in [0.3, 0.4) is 0 Å². The first-order valence-corrected chi connectivity index (χ1v) is 8.73. The highest BCUT2D eigenvalue weighted by Gasteiger charge is 2.18. The topological polar surface area (TPSA) is 98.8 Å². The molecule has 0 fully saturated rings. The van der Waals surface area contributed by atoms with E-state index in [0.29, 0.717) is 5.02 Å². The van der Waals surface area contributed by atoms with E-state index in [-0.39, 0.29) is 21.7 Å². The fourth-order valence-electron chi connectivity index (χ4n) is 1.99. The number of ether oxygens (including phenoxy) is 2. The fourth-order valence-corrected chi connectivity index (χ4v) is 3.15. The van der Waals surface area contributed by atoms with Crippen molar-refractivity contribution in [3.05, 3.63) is 58.6 Å². The minimum Gasteiger partial charge on any atom is -0.465 e. The highest BCUT2D eigenvalue weighted by atomic mass is 35.5. The third kappa shape index (κ3) is 4.49. The summed E-state index contributed by atoms with van der Waals surface area (Å²) in [4.78, 5) is 23.4. The second kappa shape index (κ2) is 7.54. The van der Waals surface area contributed by atoms with Crippen LogP contribution in [0.15, 0.2) is 47.4 Å². The van der Waals surface area contributed by atoms with E-state index in [2.05, 4.69) is 14.2 Å². The van der Waals surface area contributed by atoms with Gasteiger partial charge in [0.1, 0.15) is 0 Å². The predicted molar refractivity (Wildman–Crippen MR) is 91.4 cm³/mol. The second-order valence-electron chi connectivity index (χ2n) is 4.84. The number of hydrogen-bond acceptors (Lipinski definition) is 6. The number of hydrogen-bond donors (Lipinski definition) is 1. The summed E-state index contributed by atoms with van der Waals surface area (Å²) >= 11 is 5.75. The van der Waals surface area contributed by atoms with Crippen molar-refractivity contribution in [1.82, 2.24) is 0 Å². The number of nitrogens with one attached hydrogen (secondary N) is 1. The van der Waals surface area contributed by atoms with Crippen LogP contribution in [0.4, 0.5) is 5.69 Å². The van der Waals surface area contributed by atoms with Crippen LogP contribution in [0, 0.1) is 0 Å². The lowest BCUT2D eigenvalue weighted by molar-refractivity contribution is 0.0599. The van der Waals surface area contributed by atoms with Gasteiger partial charge in [-0.1, -0.05) is 11.6 Å². The van der Waals surface area contributed by atoms with Crippen LogP contribution in [0.5, 0.6) is 0 Å². The summed E-state index contributed by atoms with van der Waals surface area (Å²) < 4.78 is 36.4. The van der Waals surface area contributed by atoms with E-state index in [1.54, 1.807) is 0 Å². The van der Waals surface area contributed by atoms with Crippen molar-refractivity contribution in [3.8, 4) is 0 Å². The Morgan fingerprint density at radius 1 is 0.920 bits per heavy atom. The zero-order valence-corrected chi connectivity index (χ0v) is 14.8. The van der Waals surface area contributed by atoms with E-state index < -0.39 is 22.0 Å². The Bertz CT molecular complexity index is 874. The van der Waals surface area contributed by atoms with Gasteiger partial charge in [-0.05, 0) is 42.5 Å². The summed E-state index contributed by atoms with van der Waals surface area (Å²) in [7, 11) is -1.60. The predicted octanol–water partition coefficient (Wildman–Crippen LogP) is 2.71. The molecule has 0 atom stereocenters. The number of halogens is 1. The Balaban J connectivity index is 2.45. The van der Waals surface area contributed by atoms with Crippen molar-refractivity contribution in [1.29, 1.82) is 0 Å². The lowest BCUT2D eigenvalue weighted by Gasteiger charge is -2.11. The molecular formula is C16H14ClNO6S. The van der Waals surface area contributed by atoms with E-state index in [1.165, 1.54) is 56.7 Å². The zero-order valence-electron chi connectivity index (χ0n) is 13.3. The summed E-state index contributed by atoms with van der Waals surface area (Å²) in [5.41, 5.74) is 0.0108. The molecule has 0 heterocycles. The van der Waals surface area contributed by atoms with Crippen LogP contribution in [0.25, 0.3) is 0 Å². The van der Waals surface area contributed by atoms with E-state index >= 15 is 0 Å². The van der Waals surface area contributed by atoms with Crippen LogP contribution in [-0.2, 0) is 19.5 Å². The van der Waals surface area contributed by atoms with Gasteiger partial charge in [0.15, 0.2) is 0 Å². The van der Waals surface area contributed by atoms with E-state index in [1.807, 2.05) is 0 Å². The molecule has 0 aromatic heterocycles. The SMILES string of the molecule is COC(=O)c1cc(NS(=O)(=O)c2ccc(Cl)cc2)cc(C(=O)OC)c1. The number of sulfonamides is 1. The van der Waals surface area contributed by atoms with Gasteiger partial charge in [0.25, 0.3) is 10.0 Å². The summed E-state index contributed by atoms with van der Waals surface area (Å²) in [6.45, 7) is 0. The monoisotopic (exact) mass is 383 g/mol. The molecule has 0 unspecified atom stereocenters. The van der Waals surface area contributed by atoms with Crippen LogP contribution >= 0.6 is 11.6 Å². The summed E-state index contributed by atoms with van der Waals surface area (Å²) in [6, 6.07) is 9.28. The van der Waals surface area contributed by atoms with Crippen molar-refractivity contribution in [2.24, 2.45) is 0 Å². The Morgan fingerprint density at radius 3 is 1.84 bits per heavy atom. The lowest BCUT2D eigenvalue weighted by atomic mass is 10.1. The van der Waals surface area contributed by atoms with Crippen LogP contribution in [-0.4, -0.2) is 34.6 Å². The molecule has 2 aromatic carbocycles. The molecular weight excluding hydrogens is 370 g/mol.